The van der Waals surface area contributed by atoms with Crippen molar-refractivity contribution < 1.29 is 4.84 Å². The molecule has 1 rings (SSSR count). The minimum Gasteiger partial charge on any atom is -0.275 e. The topological polar surface area (TPSA) is 15.5 Å². The molecule has 0 radical (unpaired) electrons. The Hall–Kier alpha value is -0.0800. The van der Waals surface area contributed by atoms with Gasteiger partial charge in [-0.15, -0.1) is 0 Å². The molecule has 0 aromatic carbocycles. The molecular weight excluding hydrogens is 114 g/mol. The summed E-state index contributed by atoms with van der Waals surface area (Å²) in [5, 5.41) is 2.06. The summed E-state index contributed by atoms with van der Waals surface area (Å²) in [7, 11) is 0. The van der Waals surface area contributed by atoms with E-state index in [0.717, 1.165) is 6.54 Å². The lowest BCUT2D eigenvalue weighted by atomic mass is 10.3. The van der Waals surface area contributed by atoms with Crippen molar-refractivity contribution in [2.75, 3.05) is 6.54 Å². The highest BCUT2D eigenvalue weighted by Gasteiger charge is 2.33. The first-order valence-electron chi connectivity index (χ1n) is 3.82. The minimum absolute atomic E-state index is 0.468. The van der Waals surface area contributed by atoms with Crippen LogP contribution in [0.3, 0.4) is 0 Å². The molecule has 2 atom stereocenters. The third kappa shape index (κ3) is 1.95. The summed E-state index contributed by atoms with van der Waals surface area (Å²) in [6.07, 6.45) is 4.08. The number of rotatable bonds is 4. The van der Waals surface area contributed by atoms with E-state index in [1.807, 2.05) is 0 Å². The summed E-state index contributed by atoms with van der Waals surface area (Å²) in [6.45, 7) is 5.46. The summed E-state index contributed by atoms with van der Waals surface area (Å²) in [5.74, 6) is 0. The predicted molar refractivity (Wildman–Crippen MR) is 36.8 cm³/mol. The van der Waals surface area contributed by atoms with Crippen LogP contribution >= 0.6 is 0 Å². The molecular formula is C7H15NO. The zero-order chi connectivity index (χ0) is 6.69. The van der Waals surface area contributed by atoms with Crippen molar-refractivity contribution in [3.8, 4) is 0 Å². The van der Waals surface area contributed by atoms with E-state index >= 15 is 0 Å². The number of hydroxylamine groups is 2. The molecule has 1 fully saturated rings. The molecule has 1 aliphatic rings. The van der Waals surface area contributed by atoms with E-state index in [4.69, 9.17) is 4.84 Å². The third-order valence-electron chi connectivity index (χ3n) is 1.51. The fraction of sp³-hybridized carbons (Fsp3) is 1.00. The molecule has 0 aromatic heterocycles. The molecule has 1 heterocycles. The first kappa shape index (κ1) is 7.03. The van der Waals surface area contributed by atoms with Crippen molar-refractivity contribution in [3.05, 3.63) is 0 Å². The Labute approximate surface area is 56.8 Å². The van der Waals surface area contributed by atoms with Crippen LogP contribution in [0.2, 0.25) is 0 Å². The Bertz CT molecular complexity index is 75.0. The lowest BCUT2D eigenvalue weighted by Gasteiger charge is -1.90. The van der Waals surface area contributed by atoms with Gasteiger partial charge in [-0.3, -0.25) is 4.84 Å². The van der Waals surface area contributed by atoms with E-state index in [9.17, 15) is 0 Å². The van der Waals surface area contributed by atoms with Crippen LogP contribution in [-0.2, 0) is 4.84 Å². The summed E-state index contributed by atoms with van der Waals surface area (Å²) < 4.78 is 0. The van der Waals surface area contributed by atoms with Crippen LogP contribution in [0.15, 0.2) is 0 Å². The van der Waals surface area contributed by atoms with E-state index in [1.54, 1.807) is 0 Å². The summed E-state index contributed by atoms with van der Waals surface area (Å²) in [4.78, 5) is 5.23. The standard InChI is InChI=1S/C7H15NO/c1-3-5-7-8(9-7)6-4-2/h7H,3-6H2,1-2H3/t7-,8?/m0/s1. The van der Waals surface area contributed by atoms with Gasteiger partial charge in [0, 0.05) is 6.54 Å². The van der Waals surface area contributed by atoms with Crippen molar-refractivity contribution in [1.82, 2.24) is 5.06 Å². The lowest BCUT2D eigenvalue weighted by Crippen LogP contribution is -2.01. The smallest absolute Gasteiger partial charge is 0.154 e. The lowest BCUT2D eigenvalue weighted by molar-refractivity contribution is 0.198. The van der Waals surface area contributed by atoms with Gasteiger partial charge in [-0.25, -0.2) is 0 Å². The second-order valence-electron chi connectivity index (χ2n) is 2.49. The highest BCUT2D eigenvalue weighted by atomic mass is 16.8. The molecule has 9 heavy (non-hydrogen) atoms. The van der Waals surface area contributed by atoms with Crippen LogP contribution in [0.25, 0.3) is 0 Å². The Kier molecular flexibility index (Phi) is 2.49. The molecule has 54 valence electrons. The maximum Gasteiger partial charge on any atom is 0.154 e. The van der Waals surface area contributed by atoms with Crippen LogP contribution in [0.1, 0.15) is 33.1 Å². The maximum atomic E-state index is 5.23. The van der Waals surface area contributed by atoms with Gasteiger partial charge in [-0.1, -0.05) is 20.3 Å². The molecule has 0 bridgehead atoms. The molecule has 1 aliphatic heterocycles. The van der Waals surface area contributed by atoms with Crippen LogP contribution in [0, 0.1) is 0 Å². The SMILES string of the molecule is CCC[C@@H]1ON1CCC. The molecule has 1 unspecified atom stereocenters. The molecule has 2 nitrogen and oxygen atoms in total. The molecule has 0 aliphatic carbocycles. The van der Waals surface area contributed by atoms with Crippen LogP contribution in [0.5, 0.6) is 0 Å². The van der Waals surface area contributed by atoms with Crippen LogP contribution in [-0.4, -0.2) is 17.8 Å². The Balaban J connectivity index is 1.96. The van der Waals surface area contributed by atoms with Crippen molar-refractivity contribution in [3.63, 3.8) is 0 Å². The second kappa shape index (κ2) is 3.18. The van der Waals surface area contributed by atoms with E-state index < -0.39 is 0 Å². The Morgan fingerprint density at radius 1 is 1.33 bits per heavy atom. The zero-order valence-electron chi connectivity index (χ0n) is 6.26. The average Bonchev–Trinajstić information content (AvgIpc) is 2.50. The van der Waals surface area contributed by atoms with Gasteiger partial charge in [-0.05, 0) is 12.8 Å². The number of hydrogen-bond donors (Lipinski definition) is 0. The third-order valence-corrected chi connectivity index (χ3v) is 1.51. The number of hydrogen-bond acceptors (Lipinski definition) is 2. The molecule has 0 N–H and O–H groups in total. The largest absolute Gasteiger partial charge is 0.275 e. The van der Waals surface area contributed by atoms with Gasteiger partial charge < -0.3 is 0 Å². The zero-order valence-corrected chi connectivity index (χ0v) is 6.26. The highest BCUT2D eigenvalue weighted by molar-refractivity contribution is 4.63. The molecule has 1 saturated heterocycles. The van der Waals surface area contributed by atoms with Gasteiger partial charge in [0.05, 0.1) is 0 Å². The fourth-order valence-corrected chi connectivity index (χ4v) is 0.990. The van der Waals surface area contributed by atoms with Gasteiger partial charge in [-0.2, -0.15) is 5.06 Å². The molecule has 0 amide bonds. The second-order valence-corrected chi connectivity index (χ2v) is 2.49. The normalized spacial score (nSPS) is 32.7. The minimum atomic E-state index is 0.468. The summed E-state index contributed by atoms with van der Waals surface area (Å²) in [5.41, 5.74) is 0. The van der Waals surface area contributed by atoms with Gasteiger partial charge in [0.1, 0.15) is 0 Å². The van der Waals surface area contributed by atoms with Crippen molar-refractivity contribution in [2.24, 2.45) is 0 Å². The van der Waals surface area contributed by atoms with Gasteiger partial charge >= 0.3 is 0 Å². The molecule has 0 saturated carbocycles. The van der Waals surface area contributed by atoms with Gasteiger partial charge in [0.15, 0.2) is 6.23 Å². The van der Waals surface area contributed by atoms with Crippen molar-refractivity contribution in [2.45, 2.75) is 39.3 Å². The maximum absolute atomic E-state index is 5.23. The fourth-order valence-electron chi connectivity index (χ4n) is 0.990. The first-order chi connectivity index (χ1) is 4.38. The quantitative estimate of drug-likeness (QED) is 0.537. The monoisotopic (exact) mass is 129 g/mol. The number of nitrogens with zero attached hydrogens (tertiary/aromatic N) is 1. The molecule has 0 aromatic rings. The van der Waals surface area contributed by atoms with Crippen LogP contribution in [0.4, 0.5) is 0 Å². The highest BCUT2D eigenvalue weighted by Crippen LogP contribution is 2.23. The van der Waals surface area contributed by atoms with E-state index in [2.05, 4.69) is 18.9 Å². The van der Waals surface area contributed by atoms with Gasteiger partial charge in [0.25, 0.3) is 0 Å². The van der Waals surface area contributed by atoms with E-state index in [-0.39, 0.29) is 0 Å². The Morgan fingerprint density at radius 2 is 2.11 bits per heavy atom. The van der Waals surface area contributed by atoms with E-state index in [1.165, 1.54) is 19.3 Å². The molecule has 2 heteroatoms. The van der Waals surface area contributed by atoms with Crippen molar-refractivity contribution in [1.29, 1.82) is 0 Å². The van der Waals surface area contributed by atoms with Gasteiger partial charge in [0.2, 0.25) is 0 Å². The van der Waals surface area contributed by atoms with Crippen molar-refractivity contribution >= 4 is 0 Å². The Morgan fingerprint density at radius 3 is 2.67 bits per heavy atom. The summed E-state index contributed by atoms with van der Waals surface area (Å²) in [6, 6.07) is 0. The predicted octanol–water partition coefficient (Wildman–Crippen LogP) is 1.77. The molecule has 0 spiro atoms. The summed E-state index contributed by atoms with van der Waals surface area (Å²) >= 11 is 0. The average molecular weight is 129 g/mol. The van der Waals surface area contributed by atoms with Crippen LogP contribution < -0.4 is 0 Å². The van der Waals surface area contributed by atoms with E-state index in [0.29, 0.717) is 6.23 Å². The first-order valence-corrected chi connectivity index (χ1v) is 3.82.